The van der Waals surface area contributed by atoms with Gasteiger partial charge in [-0.1, -0.05) is 37.3 Å². The fraction of sp³-hybridized carbons (Fsp3) is 0.478. The fourth-order valence-corrected chi connectivity index (χ4v) is 3.79. The largest absolute Gasteiger partial charge is 0.493 e. The van der Waals surface area contributed by atoms with Crippen molar-refractivity contribution in [2.45, 2.75) is 45.9 Å². The number of nitrogens with zero attached hydrogens (tertiary/aromatic N) is 1. The molecular weight excluding hydrogens is 336 g/mol. The van der Waals surface area contributed by atoms with Crippen molar-refractivity contribution in [2.24, 2.45) is 0 Å². The third-order valence-corrected chi connectivity index (χ3v) is 5.49. The van der Waals surface area contributed by atoms with E-state index in [4.69, 9.17) is 9.47 Å². The zero-order valence-electron chi connectivity index (χ0n) is 16.8. The number of rotatable bonds is 9. The molecule has 1 N–H and O–H groups in total. The van der Waals surface area contributed by atoms with Gasteiger partial charge in [-0.3, -0.25) is 4.90 Å². The Balaban J connectivity index is 1.55. The summed E-state index contributed by atoms with van der Waals surface area (Å²) in [5, 5.41) is 3.61. The second-order valence-corrected chi connectivity index (χ2v) is 7.26. The van der Waals surface area contributed by atoms with Crippen molar-refractivity contribution in [1.29, 1.82) is 0 Å². The maximum absolute atomic E-state index is 6.01. The van der Waals surface area contributed by atoms with Crippen LogP contribution in [0.4, 0.5) is 0 Å². The summed E-state index contributed by atoms with van der Waals surface area (Å²) in [6, 6.07) is 15.2. The van der Waals surface area contributed by atoms with Crippen molar-refractivity contribution in [1.82, 2.24) is 10.2 Å². The van der Waals surface area contributed by atoms with Crippen LogP contribution in [0.5, 0.6) is 11.5 Å². The summed E-state index contributed by atoms with van der Waals surface area (Å²) in [5.74, 6) is 1.58. The van der Waals surface area contributed by atoms with Gasteiger partial charge in [-0.2, -0.15) is 0 Å². The van der Waals surface area contributed by atoms with Crippen LogP contribution in [0.3, 0.4) is 0 Å². The molecule has 0 saturated carbocycles. The van der Waals surface area contributed by atoms with Crippen molar-refractivity contribution in [3.05, 3.63) is 59.2 Å². The van der Waals surface area contributed by atoms with Crippen molar-refractivity contribution in [2.75, 3.05) is 26.7 Å². The molecule has 4 heteroatoms. The standard InChI is InChI=1S/C23H32N2O2/c1-4-25-13-7-10-21(25)16-24-15-19-11-12-22(23(14-19)26-3)27-17-20-9-6-5-8-18(20)2/h5-6,8-9,11-12,14,21,24H,4,7,10,13,15-17H2,1-3H3/t21-/m1/s1. The fourth-order valence-electron chi connectivity index (χ4n) is 3.79. The zero-order chi connectivity index (χ0) is 19.1. The molecule has 0 amide bonds. The number of ether oxygens (including phenoxy) is 2. The van der Waals surface area contributed by atoms with Crippen LogP contribution in [0.25, 0.3) is 0 Å². The third kappa shape index (κ3) is 5.24. The van der Waals surface area contributed by atoms with Gasteiger partial charge in [-0.25, -0.2) is 0 Å². The van der Waals surface area contributed by atoms with Gasteiger partial charge in [0.05, 0.1) is 7.11 Å². The Morgan fingerprint density at radius 3 is 2.78 bits per heavy atom. The summed E-state index contributed by atoms with van der Waals surface area (Å²) in [7, 11) is 1.70. The van der Waals surface area contributed by atoms with Crippen molar-refractivity contribution < 1.29 is 9.47 Å². The predicted octanol–water partition coefficient (Wildman–Crippen LogP) is 4.16. The number of methoxy groups -OCH3 is 1. The average Bonchev–Trinajstić information content (AvgIpc) is 3.15. The number of benzene rings is 2. The average molecular weight is 369 g/mol. The summed E-state index contributed by atoms with van der Waals surface area (Å²) < 4.78 is 11.6. The number of hydrogen-bond donors (Lipinski definition) is 1. The van der Waals surface area contributed by atoms with Gasteiger partial charge in [-0.05, 0) is 61.7 Å². The molecule has 1 heterocycles. The quantitative estimate of drug-likeness (QED) is 0.721. The topological polar surface area (TPSA) is 33.7 Å². The second kappa shape index (κ2) is 9.77. The summed E-state index contributed by atoms with van der Waals surface area (Å²) in [6.45, 7) is 9.18. The number of nitrogens with one attached hydrogen (secondary N) is 1. The van der Waals surface area contributed by atoms with Crippen LogP contribution in [-0.4, -0.2) is 37.7 Å². The molecule has 0 radical (unpaired) electrons. The lowest BCUT2D eigenvalue weighted by atomic mass is 10.1. The molecule has 4 nitrogen and oxygen atoms in total. The van der Waals surface area contributed by atoms with Gasteiger partial charge < -0.3 is 14.8 Å². The molecule has 0 aliphatic carbocycles. The number of hydrogen-bond acceptors (Lipinski definition) is 4. The molecule has 2 aromatic rings. The van der Waals surface area contributed by atoms with Gasteiger partial charge in [0.25, 0.3) is 0 Å². The molecule has 27 heavy (non-hydrogen) atoms. The number of likely N-dealkylation sites (tertiary alicyclic amines) is 1. The van der Waals surface area contributed by atoms with Gasteiger partial charge in [-0.15, -0.1) is 0 Å². The lowest BCUT2D eigenvalue weighted by molar-refractivity contribution is 0.260. The van der Waals surface area contributed by atoms with E-state index in [2.05, 4.69) is 48.3 Å². The summed E-state index contributed by atoms with van der Waals surface area (Å²) in [6.07, 6.45) is 2.62. The maximum Gasteiger partial charge on any atom is 0.161 e. The molecular formula is C23H32N2O2. The SMILES string of the molecule is CCN1CCC[C@@H]1CNCc1ccc(OCc2ccccc2C)c(OC)c1. The minimum absolute atomic E-state index is 0.551. The van der Waals surface area contributed by atoms with Crippen LogP contribution in [0.1, 0.15) is 36.5 Å². The Labute approximate surface area is 163 Å². The highest BCUT2D eigenvalue weighted by Crippen LogP contribution is 2.29. The predicted molar refractivity (Wildman–Crippen MR) is 110 cm³/mol. The van der Waals surface area contributed by atoms with E-state index in [1.807, 2.05) is 18.2 Å². The Hall–Kier alpha value is -2.04. The van der Waals surface area contributed by atoms with E-state index in [0.717, 1.165) is 31.1 Å². The smallest absolute Gasteiger partial charge is 0.161 e. The first kappa shape index (κ1) is 19.7. The van der Waals surface area contributed by atoms with E-state index in [0.29, 0.717) is 12.6 Å². The first-order chi connectivity index (χ1) is 13.2. The molecule has 0 unspecified atom stereocenters. The highest BCUT2D eigenvalue weighted by molar-refractivity contribution is 5.43. The molecule has 0 bridgehead atoms. The second-order valence-electron chi connectivity index (χ2n) is 7.26. The minimum Gasteiger partial charge on any atom is -0.493 e. The van der Waals surface area contributed by atoms with Gasteiger partial charge >= 0.3 is 0 Å². The Kier molecular flexibility index (Phi) is 7.13. The van der Waals surface area contributed by atoms with E-state index < -0.39 is 0 Å². The van der Waals surface area contributed by atoms with Gasteiger partial charge in [0.2, 0.25) is 0 Å². The molecule has 146 valence electrons. The Bertz CT molecular complexity index is 732. The van der Waals surface area contributed by atoms with Crippen LogP contribution in [0, 0.1) is 6.92 Å². The molecule has 2 aromatic carbocycles. The van der Waals surface area contributed by atoms with Gasteiger partial charge in [0, 0.05) is 19.1 Å². The molecule has 1 saturated heterocycles. The van der Waals surface area contributed by atoms with Crippen LogP contribution in [-0.2, 0) is 13.2 Å². The van der Waals surface area contributed by atoms with Crippen molar-refractivity contribution in [3.63, 3.8) is 0 Å². The Morgan fingerprint density at radius 1 is 1.15 bits per heavy atom. The third-order valence-electron chi connectivity index (χ3n) is 5.49. The highest BCUT2D eigenvalue weighted by Gasteiger charge is 2.22. The van der Waals surface area contributed by atoms with E-state index >= 15 is 0 Å². The van der Waals surface area contributed by atoms with Gasteiger partial charge in [0.15, 0.2) is 11.5 Å². The lowest BCUT2D eigenvalue weighted by Crippen LogP contribution is -2.37. The van der Waals surface area contributed by atoms with E-state index in [1.165, 1.54) is 36.1 Å². The highest BCUT2D eigenvalue weighted by atomic mass is 16.5. The Morgan fingerprint density at radius 2 is 2.00 bits per heavy atom. The number of likely N-dealkylation sites (N-methyl/N-ethyl adjacent to an activating group) is 1. The first-order valence-electron chi connectivity index (χ1n) is 10.00. The van der Waals surface area contributed by atoms with E-state index in [1.54, 1.807) is 7.11 Å². The summed E-state index contributed by atoms with van der Waals surface area (Å²) in [4.78, 5) is 2.57. The molecule has 0 aromatic heterocycles. The van der Waals surface area contributed by atoms with Crippen LogP contribution in [0.2, 0.25) is 0 Å². The van der Waals surface area contributed by atoms with E-state index in [9.17, 15) is 0 Å². The molecule has 1 atom stereocenters. The lowest BCUT2D eigenvalue weighted by Gasteiger charge is -2.23. The van der Waals surface area contributed by atoms with Crippen molar-refractivity contribution >= 4 is 0 Å². The first-order valence-corrected chi connectivity index (χ1v) is 10.00. The molecule has 1 aliphatic rings. The minimum atomic E-state index is 0.551. The summed E-state index contributed by atoms with van der Waals surface area (Å²) in [5.41, 5.74) is 3.66. The maximum atomic E-state index is 6.01. The van der Waals surface area contributed by atoms with E-state index in [-0.39, 0.29) is 0 Å². The van der Waals surface area contributed by atoms with Crippen LogP contribution < -0.4 is 14.8 Å². The molecule has 3 rings (SSSR count). The monoisotopic (exact) mass is 368 g/mol. The van der Waals surface area contributed by atoms with Crippen LogP contribution in [0.15, 0.2) is 42.5 Å². The molecule has 1 fully saturated rings. The normalized spacial score (nSPS) is 17.2. The molecule has 1 aliphatic heterocycles. The van der Waals surface area contributed by atoms with Crippen LogP contribution >= 0.6 is 0 Å². The molecule has 0 spiro atoms. The zero-order valence-corrected chi connectivity index (χ0v) is 16.8. The number of aryl methyl sites for hydroxylation is 1. The van der Waals surface area contributed by atoms with Gasteiger partial charge in [0.1, 0.15) is 6.61 Å². The summed E-state index contributed by atoms with van der Waals surface area (Å²) >= 11 is 0. The van der Waals surface area contributed by atoms with Crippen molar-refractivity contribution in [3.8, 4) is 11.5 Å².